The Hall–Kier alpha value is -1.32. The van der Waals surface area contributed by atoms with Crippen molar-refractivity contribution in [3.05, 3.63) is 12.7 Å². The first-order valence-electron chi connectivity index (χ1n) is 5.99. The predicted molar refractivity (Wildman–Crippen MR) is 65.7 cm³/mol. The van der Waals surface area contributed by atoms with Gasteiger partial charge < -0.3 is 10.1 Å². The van der Waals surface area contributed by atoms with Gasteiger partial charge in [-0.05, 0) is 39.7 Å². The Morgan fingerprint density at radius 3 is 2.53 bits per heavy atom. The van der Waals surface area contributed by atoms with E-state index in [0.29, 0.717) is 0 Å². The molecule has 0 aliphatic heterocycles. The van der Waals surface area contributed by atoms with E-state index in [-0.39, 0.29) is 17.7 Å². The van der Waals surface area contributed by atoms with Crippen molar-refractivity contribution in [3.63, 3.8) is 0 Å². The monoisotopic (exact) mass is 239 g/mol. The van der Waals surface area contributed by atoms with Crippen molar-refractivity contribution in [3.8, 4) is 0 Å². The second-order valence-electron chi connectivity index (χ2n) is 5.40. The maximum atomic E-state index is 11.6. The van der Waals surface area contributed by atoms with Gasteiger partial charge in [0, 0.05) is 12.0 Å². The van der Waals surface area contributed by atoms with E-state index in [1.165, 1.54) is 6.08 Å². The zero-order valence-electron chi connectivity index (χ0n) is 10.8. The van der Waals surface area contributed by atoms with E-state index < -0.39 is 11.7 Å². The van der Waals surface area contributed by atoms with Crippen molar-refractivity contribution in [1.29, 1.82) is 0 Å². The molecule has 96 valence electrons. The molecule has 1 aliphatic rings. The predicted octanol–water partition coefficient (Wildman–Crippen LogP) is 2.43. The second-order valence-corrected chi connectivity index (χ2v) is 5.40. The van der Waals surface area contributed by atoms with Gasteiger partial charge in [0.2, 0.25) is 0 Å². The van der Waals surface area contributed by atoms with Gasteiger partial charge in [0.25, 0.3) is 0 Å². The summed E-state index contributed by atoms with van der Waals surface area (Å²) < 4.78 is 5.17. The molecule has 0 spiro atoms. The van der Waals surface area contributed by atoms with Crippen LogP contribution in [0.2, 0.25) is 0 Å². The molecular formula is C13H21NO3. The Bertz CT molecular complexity index is 317. The highest BCUT2D eigenvalue weighted by Crippen LogP contribution is 2.27. The van der Waals surface area contributed by atoms with E-state index in [2.05, 4.69) is 11.9 Å². The van der Waals surface area contributed by atoms with Crippen LogP contribution in [0.3, 0.4) is 0 Å². The number of hydrogen-bond acceptors (Lipinski definition) is 3. The Kier molecular flexibility index (Phi) is 4.32. The van der Waals surface area contributed by atoms with Gasteiger partial charge in [-0.15, -0.1) is 0 Å². The molecule has 4 nitrogen and oxygen atoms in total. The molecule has 1 N–H and O–H groups in total. The molecule has 1 aliphatic carbocycles. The Balaban J connectivity index is 2.53. The van der Waals surface area contributed by atoms with E-state index in [1.54, 1.807) is 0 Å². The molecule has 0 radical (unpaired) electrons. The molecule has 0 aromatic carbocycles. The average molecular weight is 239 g/mol. The largest absolute Gasteiger partial charge is 0.444 e. The van der Waals surface area contributed by atoms with Crippen molar-refractivity contribution in [2.45, 2.75) is 51.7 Å². The van der Waals surface area contributed by atoms with Crippen LogP contribution in [0.1, 0.15) is 40.0 Å². The zero-order valence-corrected chi connectivity index (χ0v) is 10.8. The first-order valence-corrected chi connectivity index (χ1v) is 5.99. The number of rotatable bonds is 3. The van der Waals surface area contributed by atoms with Gasteiger partial charge >= 0.3 is 6.09 Å². The SMILES string of the molecule is C=CC(=O)[C@H]1CCC[C@H]1NC(=O)OC(C)(C)C. The van der Waals surface area contributed by atoms with Crippen molar-refractivity contribution in [2.75, 3.05) is 0 Å². The van der Waals surface area contributed by atoms with Gasteiger partial charge in [0.15, 0.2) is 5.78 Å². The average Bonchev–Trinajstić information content (AvgIpc) is 2.61. The Labute approximate surface area is 102 Å². The van der Waals surface area contributed by atoms with Gasteiger partial charge in [-0.1, -0.05) is 13.0 Å². The van der Waals surface area contributed by atoms with Gasteiger partial charge in [-0.25, -0.2) is 4.79 Å². The summed E-state index contributed by atoms with van der Waals surface area (Å²) >= 11 is 0. The molecule has 0 heterocycles. The van der Waals surface area contributed by atoms with Crippen molar-refractivity contribution < 1.29 is 14.3 Å². The number of alkyl carbamates (subject to hydrolysis) is 1. The standard InChI is InChI=1S/C13H21NO3/c1-5-11(15)9-7-6-8-10(9)14-12(16)17-13(2,3)4/h5,9-10H,1,6-8H2,2-4H3,(H,14,16)/t9-,10+/m0/s1. The number of ketones is 1. The maximum Gasteiger partial charge on any atom is 0.407 e. The first kappa shape index (κ1) is 13.7. The third kappa shape index (κ3) is 4.21. The van der Waals surface area contributed by atoms with E-state index in [1.807, 2.05) is 20.8 Å². The molecule has 1 amide bonds. The summed E-state index contributed by atoms with van der Waals surface area (Å²) in [4.78, 5) is 23.2. The van der Waals surface area contributed by atoms with Crippen LogP contribution in [0.15, 0.2) is 12.7 Å². The number of carbonyl (C=O) groups excluding carboxylic acids is 2. The summed E-state index contributed by atoms with van der Waals surface area (Å²) in [5, 5.41) is 2.77. The van der Waals surface area contributed by atoms with Gasteiger partial charge in [0.05, 0.1) is 0 Å². The minimum atomic E-state index is -0.513. The van der Waals surface area contributed by atoms with Crippen molar-refractivity contribution in [1.82, 2.24) is 5.32 Å². The van der Waals surface area contributed by atoms with Crippen LogP contribution in [-0.2, 0) is 9.53 Å². The van der Waals surface area contributed by atoms with Crippen LogP contribution in [0.5, 0.6) is 0 Å². The lowest BCUT2D eigenvalue weighted by Crippen LogP contribution is -2.42. The highest BCUT2D eigenvalue weighted by Gasteiger charge is 2.33. The molecule has 1 saturated carbocycles. The lowest BCUT2D eigenvalue weighted by Gasteiger charge is -2.23. The van der Waals surface area contributed by atoms with Gasteiger partial charge in [0.1, 0.15) is 5.60 Å². The molecule has 0 saturated heterocycles. The maximum absolute atomic E-state index is 11.6. The normalized spacial score (nSPS) is 24.2. The molecular weight excluding hydrogens is 218 g/mol. The van der Waals surface area contributed by atoms with E-state index >= 15 is 0 Å². The first-order chi connectivity index (χ1) is 7.83. The number of hydrogen-bond donors (Lipinski definition) is 1. The summed E-state index contributed by atoms with van der Waals surface area (Å²) in [7, 11) is 0. The van der Waals surface area contributed by atoms with Crippen LogP contribution >= 0.6 is 0 Å². The van der Waals surface area contributed by atoms with Gasteiger partial charge in [-0.3, -0.25) is 4.79 Å². The number of amides is 1. The summed E-state index contributed by atoms with van der Waals surface area (Å²) in [5.41, 5.74) is -0.513. The number of allylic oxidation sites excluding steroid dienone is 1. The molecule has 2 atom stereocenters. The van der Waals surface area contributed by atoms with Crippen LogP contribution < -0.4 is 5.32 Å². The minimum Gasteiger partial charge on any atom is -0.444 e. The summed E-state index contributed by atoms with van der Waals surface area (Å²) in [6.45, 7) is 8.92. The molecule has 0 aromatic heterocycles. The molecule has 1 fully saturated rings. The van der Waals surface area contributed by atoms with E-state index in [9.17, 15) is 9.59 Å². The molecule has 0 bridgehead atoms. The third-order valence-corrected chi connectivity index (χ3v) is 2.78. The fourth-order valence-electron chi connectivity index (χ4n) is 2.08. The zero-order chi connectivity index (χ0) is 13.1. The Morgan fingerprint density at radius 1 is 1.35 bits per heavy atom. The third-order valence-electron chi connectivity index (χ3n) is 2.78. The molecule has 17 heavy (non-hydrogen) atoms. The van der Waals surface area contributed by atoms with Crippen LogP contribution in [-0.4, -0.2) is 23.5 Å². The highest BCUT2D eigenvalue weighted by molar-refractivity contribution is 5.92. The second kappa shape index (κ2) is 5.34. The lowest BCUT2D eigenvalue weighted by atomic mass is 9.98. The molecule has 0 aromatic rings. The fraction of sp³-hybridized carbons (Fsp3) is 0.692. The van der Waals surface area contributed by atoms with Crippen LogP contribution in [0.25, 0.3) is 0 Å². The summed E-state index contributed by atoms with van der Waals surface area (Å²) in [5.74, 6) is -0.136. The highest BCUT2D eigenvalue weighted by atomic mass is 16.6. The van der Waals surface area contributed by atoms with Crippen LogP contribution in [0.4, 0.5) is 4.79 Å². The summed E-state index contributed by atoms with van der Waals surface area (Å²) in [6, 6.07) is -0.115. The quantitative estimate of drug-likeness (QED) is 0.769. The lowest BCUT2D eigenvalue weighted by molar-refractivity contribution is -0.118. The fourth-order valence-corrected chi connectivity index (χ4v) is 2.08. The minimum absolute atomic E-state index is 0.00330. The van der Waals surface area contributed by atoms with Crippen molar-refractivity contribution in [2.24, 2.45) is 5.92 Å². The number of ether oxygens (including phenoxy) is 1. The molecule has 0 unspecified atom stereocenters. The topological polar surface area (TPSA) is 55.4 Å². The molecule has 4 heteroatoms. The van der Waals surface area contributed by atoms with E-state index in [0.717, 1.165) is 19.3 Å². The smallest absolute Gasteiger partial charge is 0.407 e. The van der Waals surface area contributed by atoms with E-state index in [4.69, 9.17) is 4.74 Å². The Morgan fingerprint density at radius 2 is 2.00 bits per heavy atom. The number of nitrogens with one attached hydrogen (secondary N) is 1. The van der Waals surface area contributed by atoms with Crippen molar-refractivity contribution >= 4 is 11.9 Å². The molecule has 1 rings (SSSR count). The van der Waals surface area contributed by atoms with Gasteiger partial charge in [-0.2, -0.15) is 0 Å². The summed E-state index contributed by atoms with van der Waals surface area (Å²) in [6.07, 6.45) is 3.46. The number of carbonyl (C=O) groups is 2. The van der Waals surface area contributed by atoms with Crippen LogP contribution in [0, 0.1) is 5.92 Å².